The summed E-state index contributed by atoms with van der Waals surface area (Å²) in [5.41, 5.74) is 3.42. The summed E-state index contributed by atoms with van der Waals surface area (Å²) in [4.78, 5) is 81.4. The highest BCUT2D eigenvalue weighted by Gasteiger charge is 2.46. The number of nitrogens with zero attached hydrogens (tertiary/aromatic N) is 2. The van der Waals surface area contributed by atoms with Crippen molar-refractivity contribution in [2.75, 3.05) is 39.5 Å². The largest absolute Gasteiger partial charge is 0.467 e. The Bertz CT molecular complexity index is 6650. The number of imide groups is 1. The van der Waals surface area contributed by atoms with Crippen molar-refractivity contribution in [3.8, 4) is 92.0 Å². The molecule has 0 spiro atoms. The summed E-state index contributed by atoms with van der Waals surface area (Å²) < 4.78 is 91.9. The second-order valence-corrected chi connectivity index (χ2v) is 32.1. The fraction of sp³-hybridized carbons (Fsp3) is 0.194. The Hall–Kier alpha value is -14.8. The third-order valence-corrected chi connectivity index (χ3v) is 23.1. The Balaban J connectivity index is 0.837. The summed E-state index contributed by atoms with van der Waals surface area (Å²) in [6, 6.07) is 69.3. The van der Waals surface area contributed by atoms with Gasteiger partial charge in [-0.15, -0.1) is 0 Å². The average molecular weight is 1680 g/mol. The van der Waals surface area contributed by atoms with Crippen LogP contribution in [0, 0.1) is 0 Å². The number of benzene rings is 13. The van der Waals surface area contributed by atoms with Gasteiger partial charge in [0.2, 0.25) is 0 Å². The lowest BCUT2D eigenvalue weighted by molar-refractivity contribution is -0.126. The molecule has 628 valence electrons. The normalized spacial score (nSPS) is 16.6. The highest BCUT2D eigenvalue weighted by molar-refractivity contribution is 6.44. The molecule has 4 fully saturated rings. The molecule has 4 amide bonds. The first-order valence-corrected chi connectivity index (χ1v) is 42.3. The van der Waals surface area contributed by atoms with E-state index < -0.39 is 41.3 Å². The minimum Gasteiger partial charge on any atom is -0.467 e. The molecule has 2 N–H and O–H groups in total. The highest BCUT2D eigenvalue weighted by Crippen LogP contribution is 2.58. The zero-order valence-corrected chi connectivity index (χ0v) is 68.6. The first-order valence-electron chi connectivity index (χ1n) is 42.3. The van der Waals surface area contributed by atoms with Gasteiger partial charge < -0.3 is 76.3 Å². The van der Waals surface area contributed by atoms with E-state index in [1.54, 1.807) is 146 Å². The molecule has 13 aromatic carbocycles. The summed E-state index contributed by atoms with van der Waals surface area (Å²) in [6.07, 6.45) is 7.46. The molecule has 5 aliphatic rings. The molecule has 6 atom stereocenters. The number of carbonyl (C=O) groups excluding carboxylic acids is 4. The lowest BCUT2D eigenvalue weighted by Crippen LogP contribution is -2.48. The lowest BCUT2D eigenvalue weighted by Gasteiger charge is -2.34. The Morgan fingerprint density at radius 3 is 0.992 bits per heavy atom. The smallest absolute Gasteiger partial charge is 0.262 e. The van der Waals surface area contributed by atoms with Crippen molar-refractivity contribution in [3.63, 3.8) is 0 Å². The number of carbonyl (C=O) groups is 4. The number of epoxide rings is 4. The van der Waals surface area contributed by atoms with E-state index in [0.29, 0.717) is 107 Å². The topological polar surface area (TPSA) is 268 Å². The molecule has 6 unspecified atom stereocenters. The number of ether oxygens (including phenoxy) is 12. The third kappa shape index (κ3) is 16.0. The van der Waals surface area contributed by atoms with Gasteiger partial charge in [0.05, 0.1) is 79.9 Å². The monoisotopic (exact) mass is 1680 g/mol. The lowest BCUT2D eigenvalue weighted by atomic mass is 9.81. The van der Waals surface area contributed by atoms with Gasteiger partial charge in [0.25, 0.3) is 29.2 Å². The Labute approximate surface area is 721 Å². The predicted molar refractivity (Wildman–Crippen MR) is 471 cm³/mol. The number of rotatable bonds is 34. The molecule has 126 heavy (non-hydrogen) atoms. The van der Waals surface area contributed by atoms with Crippen molar-refractivity contribution >= 4 is 84.1 Å². The van der Waals surface area contributed by atoms with Gasteiger partial charge in [-0.05, 0) is 229 Å². The van der Waals surface area contributed by atoms with Crippen LogP contribution in [0.1, 0.15) is 93.3 Å². The average Bonchev–Trinajstić information content (AvgIpc) is 0.948. The second-order valence-electron chi connectivity index (χ2n) is 32.1. The maximum atomic E-state index is 16.8. The first kappa shape index (κ1) is 78.5. The molecule has 0 aliphatic carbocycles. The fourth-order valence-corrected chi connectivity index (χ4v) is 16.9. The highest BCUT2D eigenvalue weighted by atomic mass is 16.6. The number of fused-ring (bicyclic) bond motifs is 2. The number of hydrogen-bond acceptors (Lipinski definition) is 19. The number of hydrogen-bond donors (Lipinski definition) is 2. The maximum absolute atomic E-state index is 16.8. The van der Waals surface area contributed by atoms with E-state index in [2.05, 4.69) is 10.6 Å². The van der Waals surface area contributed by atoms with Gasteiger partial charge in [0.1, 0.15) is 104 Å². The van der Waals surface area contributed by atoms with Crippen LogP contribution in [0.2, 0.25) is 0 Å². The second kappa shape index (κ2) is 33.1. The predicted octanol–water partition coefficient (Wildman–Crippen LogP) is 20.5. The van der Waals surface area contributed by atoms with Crippen molar-refractivity contribution in [2.24, 2.45) is 0 Å². The van der Waals surface area contributed by atoms with Crippen LogP contribution >= 0.6 is 0 Å². The molecular weight excluding hydrogens is 1600 g/mol. The van der Waals surface area contributed by atoms with E-state index in [1.807, 2.05) is 111 Å². The molecule has 4 saturated heterocycles. The molecule has 0 saturated carbocycles. The number of furan rings is 2. The molecule has 0 radical (unpaired) electrons. The van der Waals surface area contributed by atoms with E-state index in [-0.39, 0.29) is 143 Å². The van der Waals surface area contributed by atoms with E-state index >= 15 is 24.0 Å². The van der Waals surface area contributed by atoms with Crippen LogP contribution in [-0.4, -0.2) is 97.0 Å². The molecule has 0 bridgehead atoms. The Morgan fingerprint density at radius 2 is 0.667 bits per heavy atom. The van der Waals surface area contributed by atoms with Crippen LogP contribution in [0.25, 0.3) is 60.4 Å². The van der Waals surface area contributed by atoms with Crippen LogP contribution in [0.3, 0.4) is 0 Å². The maximum Gasteiger partial charge on any atom is 0.262 e. The number of nitrogens with one attached hydrogen (secondary N) is 2. The SMILES string of the molecule is C=c1c2cc(Oc3ccc(Oc4cccc(CC5CO5)c4)cc3)c3c4c(Oc5ccc(Oc6cccc(CC7CO7)c6)cc5)cc5c6c(cc(Oc7ccc(Oc8cccc(CC9CO9)c8)cc7)c(c7c(Oc8ccc(Oc9cccc(CC%10CO%10)c9)cc8)cc(c(=O)n1C(C(=O)NCCC)c1ccco1)c2c37)c64)C(=O)N(C(C(=O)NCCC)c1ccco1)C5=O. The van der Waals surface area contributed by atoms with Gasteiger partial charge in [-0.25, -0.2) is 0 Å². The van der Waals surface area contributed by atoms with Crippen molar-refractivity contribution in [1.82, 2.24) is 20.1 Å². The number of pyridine rings is 1. The Morgan fingerprint density at radius 1 is 0.357 bits per heavy atom. The van der Waals surface area contributed by atoms with Crippen molar-refractivity contribution in [3.05, 3.63) is 316 Å². The van der Waals surface area contributed by atoms with Crippen molar-refractivity contribution < 1.29 is 84.9 Å². The molecule has 21 rings (SSSR count). The van der Waals surface area contributed by atoms with Crippen LogP contribution in [-0.2, 0) is 54.2 Å². The van der Waals surface area contributed by atoms with E-state index in [9.17, 15) is 0 Å². The summed E-state index contributed by atoms with van der Waals surface area (Å²) in [7, 11) is 0. The van der Waals surface area contributed by atoms with E-state index in [0.717, 1.165) is 52.8 Å². The van der Waals surface area contributed by atoms with Crippen LogP contribution in [0.5, 0.6) is 92.0 Å². The molecule has 3 aromatic heterocycles. The summed E-state index contributed by atoms with van der Waals surface area (Å²) >= 11 is 0. The summed E-state index contributed by atoms with van der Waals surface area (Å²) in [5, 5.41) is 8.53. The Kier molecular flexibility index (Phi) is 20.6. The minimum atomic E-state index is -1.65. The standard InChI is InChI=1S/C103H82N4O19/c1-4-38-104-99(108)97(83-20-10-40-113-83)106-58(3)79-50-85(123-67-30-22-63(23-31-67)119-71-16-6-12-59(42-71)46-75-54-115-75)91-93-87(125-69-34-26-65(27-35-69)121-73-18-8-14-61(44-73)48-77-56-117-77)52-81-90-82(103(112)107(102(81)111)98(84-21-11-41-114-84)100(109)105-39-5-2)53-88(126-70-36-28-66(29-37-70)122-74-19-9-15-62(45-74)49-78-57-118-78)94(96(90)93)92-86(51-80(101(106)110)89(79)95(91)92)124-68-32-24-64(25-33-68)120-72-17-7-13-60(43-72)47-76-55-116-76/h6-37,40-45,50-53,75-78,97-98H,3-5,38-39,46-49,54-57H2,1-2H3,(H,104,108)(H,105,109). The molecule has 8 heterocycles. The summed E-state index contributed by atoms with van der Waals surface area (Å²) in [6.45, 7) is 11.8. The minimum absolute atomic E-state index is 0.00893. The van der Waals surface area contributed by atoms with Gasteiger partial charge >= 0.3 is 0 Å². The van der Waals surface area contributed by atoms with Gasteiger partial charge in [-0.3, -0.25) is 33.4 Å². The van der Waals surface area contributed by atoms with Crippen molar-refractivity contribution in [2.45, 2.75) is 88.9 Å². The first-order chi connectivity index (χ1) is 61.7. The third-order valence-electron chi connectivity index (χ3n) is 23.1. The van der Waals surface area contributed by atoms with Crippen molar-refractivity contribution in [1.29, 1.82) is 0 Å². The molecular formula is C103H82N4O19. The number of amides is 4. The van der Waals surface area contributed by atoms with Gasteiger partial charge in [-0.1, -0.05) is 69.0 Å². The molecule has 16 aromatic rings. The van der Waals surface area contributed by atoms with Gasteiger partial charge in [0.15, 0.2) is 12.1 Å². The molecule has 23 heteroatoms. The zero-order valence-electron chi connectivity index (χ0n) is 68.6. The number of aromatic nitrogens is 1. The fourth-order valence-electron chi connectivity index (χ4n) is 16.9. The van der Waals surface area contributed by atoms with Crippen LogP contribution in [0.4, 0.5) is 0 Å². The van der Waals surface area contributed by atoms with Gasteiger partial charge in [-0.2, -0.15) is 0 Å². The summed E-state index contributed by atoms with van der Waals surface area (Å²) in [5.74, 6) is 2.82. The zero-order chi connectivity index (χ0) is 85.2. The molecule has 5 aliphatic heterocycles. The van der Waals surface area contributed by atoms with E-state index in [1.165, 1.54) is 17.1 Å². The molecule has 23 nitrogen and oxygen atoms in total. The van der Waals surface area contributed by atoms with Crippen LogP contribution < -0.4 is 59.4 Å². The van der Waals surface area contributed by atoms with E-state index in [4.69, 9.17) is 72.3 Å². The quantitative estimate of drug-likeness (QED) is 0.0164. The van der Waals surface area contributed by atoms with Gasteiger partial charge in [0, 0.05) is 92.6 Å². The van der Waals surface area contributed by atoms with Crippen LogP contribution in [0.15, 0.2) is 269 Å².